The van der Waals surface area contributed by atoms with Gasteiger partial charge in [0.15, 0.2) is 5.76 Å². The zero-order valence-electron chi connectivity index (χ0n) is 16.7. The summed E-state index contributed by atoms with van der Waals surface area (Å²) in [6, 6.07) is 24.7. The number of likely N-dealkylation sites (tertiary alicyclic amines) is 1. The summed E-state index contributed by atoms with van der Waals surface area (Å²) in [5, 5.41) is 4.84. The van der Waals surface area contributed by atoms with Crippen molar-refractivity contribution in [3.05, 3.63) is 89.4 Å². The van der Waals surface area contributed by atoms with Crippen LogP contribution in [0.4, 0.5) is 0 Å². The molecule has 1 aliphatic rings. The quantitative estimate of drug-likeness (QED) is 0.403. The lowest BCUT2D eigenvalue weighted by molar-refractivity contribution is 0.160. The fourth-order valence-electron chi connectivity index (χ4n) is 4.20. The van der Waals surface area contributed by atoms with Crippen molar-refractivity contribution in [2.75, 3.05) is 13.1 Å². The average Bonchev–Trinajstić information content (AvgIpc) is 3.44. The van der Waals surface area contributed by atoms with Crippen molar-refractivity contribution >= 4 is 12.2 Å². The highest BCUT2D eigenvalue weighted by Gasteiger charge is 2.23. The van der Waals surface area contributed by atoms with Crippen LogP contribution in [0.25, 0.3) is 17.3 Å². The second kappa shape index (κ2) is 8.42. The van der Waals surface area contributed by atoms with Crippen LogP contribution in [0.15, 0.2) is 83.5 Å². The highest BCUT2D eigenvalue weighted by Crippen LogP contribution is 2.28. The molecule has 1 aliphatic heterocycles. The molecule has 0 aliphatic carbocycles. The van der Waals surface area contributed by atoms with E-state index in [0.717, 1.165) is 37.4 Å². The molecule has 0 atom stereocenters. The van der Waals surface area contributed by atoms with Crippen molar-refractivity contribution < 1.29 is 4.42 Å². The Bertz CT molecular complexity index is 1140. The second-order valence-corrected chi connectivity index (χ2v) is 8.06. The van der Waals surface area contributed by atoms with Gasteiger partial charge in [-0.3, -0.25) is 9.47 Å². The first-order chi connectivity index (χ1) is 14.8. The zero-order valence-corrected chi connectivity index (χ0v) is 17.5. The van der Waals surface area contributed by atoms with Gasteiger partial charge in [0.2, 0.25) is 10.6 Å². The monoisotopic (exact) mass is 416 g/mol. The lowest BCUT2D eigenvalue weighted by Crippen LogP contribution is -2.34. The van der Waals surface area contributed by atoms with Gasteiger partial charge in [-0.15, -0.1) is 5.10 Å². The number of hydrogen-bond donors (Lipinski definition) is 0. The molecular weight excluding hydrogens is 392 g/mol. The van der Waals surface area contributed by atoms with Gasteiger partial charge in [0.05, 0.1) is 18.6 Å². The largest absolute Gasteiger partial charge is 0.461 e. The summed E-state index contributed by atoms with van der Waals surface area (Å²) >= 11 is 5.83. The van der Waals surface area contributed by atoms with Crippen LogP contribution in [-0.2, 0) is 6.67 Å². The van der Waals surface area contributed by atoms with Crippen LogP contribution in [-0.4, -0.2) is 32.3 Å². The van der Waals surface area contributed by atoms with E-state index < -0.39 is 0 Å². The Morgan fingerprint density at radius 3 is 2.27 bits per heavy atom. The van der Waals surface area contributed by atoms with Crippen LogP contribution in [0.2, 0.25) is 0 Å². The summed E-state index contributed by atoms with van der Waals surface area (Å²) in [6.45, 7) is 2.76. The molecule has 5 nitrogen and oxygen atoms in total. The van der Waals surface area contributed by atoms with E-state index in [1.165, 1.54) is 5.56 Å². The number of furan rings is 1. The minimum absolute atomic E-state index is 0.635. The molecule has 1 fully saturated rings. The molecule has 5 rings (SSSR count). The second-order valence-electron chi connectivity index (χ2n) is 7.70. The van der Waals surface area contributed by atoms with Crippen LogP contribution in [0.5, 0.6) is 0 Å². The van der Waals surface area contributed by atoms with E-state index in [1.807, 2.05) is 51.7 Å². The fraction of sp³-hybridized carbons (Fsp3) is 0.250. The molecule has 2 aromatic heterocycles. The molecule has 6 heteroatoms. The summed E-state index contributed by atoms with van der Waals surface area (Å²) in [5.41, 5.74) is 2.44. The summed E-state index contributed by atoms with van der Waals surface area (Å²) in [6.07, 6.45) is 3.98. The number of para-hydroxylation sites is 1. The van der Waals surface area contributed by atoms with Gasteiger partial charge >= 0.3 is 0 Å². The van der Waals surface area contributed by atoms with Crippen LogP contribution in [0.1, 0.15) is 24.3 Å². The topological polar surface area (TPSA) is 39.1 Å². The molecular formula is C24H24N4OS. The van der Waals surface area contributed by atoms with Gasteiger partial charge in [0.25, 0.3) is 0 Å². The predicted molar refractivity (Wildman–Crippen MR) is 120 cm³/mol. The first-order valence-corrected chi connectivity index (χ1v) is 10.8. The molecule has 0 saturated carbocycles. The van der Waals surface area contributed by atoms with Crippen LogP contribution in [0, 0.1) is 4.77 Å². The van der Waals surface area contributed by atoms with Crippen LogP contribution in [0.3, 0.4) is 0 Å². The Morgan fingerprint density at radius 1 is 0.900 bits per heavy atom. The van der Waals surface area contributed by atoms with E-state index in [1.54, 1.807) is 6.26 Å². The molecule has 0 N–H and O–H groups in total. The van der Waals surface area contributed by atoms with Crippen LogP contribution < -0.4 is 0 Å². The molecule has 3 heterocycles. The standard InChI is InChI=1S/C24H24N4OS/c30-24-27(18-26-15-13-20(14-16-26)19-8-3-1-4-9-19)25-23(22-12-7-17-29-22)28(24)21-10-5-2-6-11-21/h1-12,17,20H,13-16,18H2. The molecule has 4 aromatic rings. The van der Waals surface area contributed by atoms with E-state index in [0.29, 0.717) is 23.1 Å². The maximum absolute atomic E-state index is 5.83. The molecule has 0 radical (unpaired) electrons. The predicted octanol–water partition coefficient (Wildman–Crippen LogP) is 5.50. The Morgan fingerprint density at radius 2 is 1.60 bits per heavy atom. The third kappa shape index (κ3) is 3.76. The SMILES string of the molecule is S=c1n(CN2CCC(c3ccccc3)CC2)nc(-c2ccco2)n1-c1ccccc1. The highest BCUT2D eigenvalue weighted by atomic mass is 32.1. The van der Waals surface area contributed by atoms with Crippen molar-refractivity contribution in [2.24, 2.45) is 0 Å². The third-order valence-corrected chi connectivity index (χ3v) is 6.18. The molecule has 0 spiro atoms. The first kappa shape index (κ1) is 19.0. The van der Waals surface area contributed by atoms with E-state index >= 15 is 0 Å². The summed E-state index contributed by atoms with van der Waals surface area (Å²) in [7, 11) is 0. The van der Waals surface area contributed by atoms with E-state index in [9.17, 15) is 0 Å². The van der Waals surface area contributed by atoms with Gasteiger partial charge in [-0.25, -0.2) is 4.68 Å². The molecule has 30 heavy (non-hydrogen) atoms. The zero-order chi connectivity index (χ0) is 20.3. The average molecular weight is 417 g/mol. The van der Waals surface area contributed by atoms with E-state index in [2.05, 4.69) is 35.2 Å². The summed E-state index contributed by atoms with van der Waals surface area (Å²) in [4.78, 5) is 2.43. The highest BCUT2D eigenvalue weighted by molar-refractivity contribution is 7.71. The minimum atomic E-state index is 0.635. The lowest BCUT2D eigenvalue weighted by Gasteiger charge is -2.31. The number of hydrogen-bond acceptors (Lipinski definition) is 4. The van der Waals surface area contributed by atoms with Crippen LogP contribution >= 0.6 is 12.2 Å². The number of piperidine rings is 1. The molecule has 152 valence electrons. The van der Waals surface area contributed by atoms with Gasteiger partial charge in [-0.1, -0.05) is 48.5 Å². The Labute approximate surface area is 181 Å². The van der Waals surface area contributed by atoms with Gasteiger partial charge in [-0.2, -0.15) is 0 Å². The molecule has 0 bridgehead atoms. The maximum Gasteiger partial charge on any atom is 0.204 e. The maximum atomic E-state index is 5.83. The molecule has 2 aromatic carbocycles. The summed E-state index contributed by atoms with van der Waals surface area (Å²) < 4.78 is 10.2. The molecule has 1 saturated heterocycles. The van der Waals surface area contributed by atoms with Gasteiger partial charge < -0.3 is 4.42 Å². The fourth-order valence-corrected chi connectivity index (χ4v) is 4.49. The van der Waals surface area contributed by atoms with Crippen molar-refractivity contribution in [1.82, 2.24) is 19.2 Å². The number of nitrogens with zero attached hydrogens (tertiary/aromatic N) is 4. The van der Waals surface area contributed by atoms with Gasteiger partial charge in [0, 0.05) is 13.1 Å². The molecule has 0 amide bonds. The summed E-state index contributed by atoms with van der Waals surface area (Å²) in [5.74, 6) is 2.08. The lowest BCUT2D eigenvalue weighted by atomic mass is 9.90. The first-order valence-electron chi connectivity index (χ1n) is 10.4. The van der Waals surface area contributed by atoms with E-state index in [4.69, 9.17) is 21.7 Å². The number of rotatable bonds is 5. The van der Waals surface area contributed by atoms with Gasteiger partial charge in [-0.05, 0) is 60.8 Å². The van der Waals surface area contributed by atoms with Crippen molar-refractivity contribution in [3.8, 4) is 17.3 Å². The Hall–Kier alpha value is -2.96. The Kier molecular flexibility index (Phi) is 5.34. The Balaban J connectivity index is 1.39. The number of benzene rings is 2. The van der Waals surface area contributed by atoms with E-state index in [-0.39, 0.29) is 0 Å². The number of aromatic nitrogens is 3. The third-order valence-electron chi connectivity index (χ3n) is 5.79. The minimum Gasteiger partial charge on any atom is -0.461 e. The van der Waals surface area contributed by atoms with Crippen molar-refractivity contribution in [1.29, 1.82) is 0 Å². The molecule has 0 unspecified atom stereocenters. The van der Waals surface area contributed by atoms with Gasteiger partial charge in [0.1, 0.15) is 0 Å². The normalized spacial score (nSPS) is 15.5. The van der Waals surface area contributed by atoms with Crippen molar-refractivity contribution in [3.63, 3.8) is 0 Å². The van der Waals surface area contributed by atoms with Crippen molar-refractivity contribution in [2.45, 2.75) is 25.4 Å². The smallest absolute Gasteiger partial charge is 0.204 e.